The Morgan fingerprint density at radius 2 is 1.91 bits per heavy atom. The van der Waals surface area contributed by atoms with Crippen molar-refractivity contribution in [1.82, 2.24) is 29.1 Å². The van der Waals surface area contributed by atoms with Crippen molar-refractivity contribution in [1.29, 1.82) is 0 Å². The summed E-state index contributed by atoms with van der Waals surface area (Å²) in [4.78, 5) is 17.9. The topological polar surface area (TPSA) is 79.8 Å². The molecule has 4 aromatic heterocycles. The van der Waals surface area contributed by atoms with Crippen LogP contribution in [0.2, 0.25) is 25.7 Å². The first kappa shape index (κ1) is 22.7. The Morgan fingerprint density at radius 3 is 2.68 bits per heavy atom. The number of nitrogens with zero attached hydrogens (tertiary/aromatic N) is 6. The summed E-state index contributed by atoms with van der Waals surface area (Å²) in [5, 5.41) is 11.7. The zero-order chi connectivity index (χ0) is 24.0. The summed E-state index contributed by atoms with van der Waals surface area (Å²) in [6.07, 6.45) is 5.33. The summed E-state index contributed by atoms with van der Waals surface area (Å²) in [6, 6.07) is 7.15. The molecule has 0 atom stereocenters. The van der Waals surface area contributed by atoms with E-state index in [2.05, 4.69) is 41.4 Å². The van der Waals surface area contributed by atoms with E-state index < -0.39 is 8.07 Å². The Labute approximate surface area is 202 Å². The van der Waals surface area contributed by atoms with Gasteiger partial charge in [-0.3, -0.25) is 4.79 Å². The molecule has 0 aliphatic rings. The van der Waals surface area contributed by atoms with Crippen molar-refractivity contribution in [2.75, 3.05) is 6.61 Å². The fraction of sp³-hybridized carbons (Fsp3) is 0.333. The molecule has 34 heavy (non-hydrogen) atoms. The number of ether oxygens (including phenoxy) is 1. The molecule has 0 N–H and O–H groups in total. The van der Waals surface area contributed by atoms with Crippen molar-refractivity contribution < 1.29 is 4.74 Å². The van der Waals surface area contributed by atoms with Crippen LogP contribution < -0.4 is 5.56 Å². The molecule has 0 aliphatic heterocycles. The van der Waals surface area contributed by atoms with Crippen molar-refractivity contribution in [2.24, 2.45) is 7.05 Å². The third kappa shape index (κ3) is 4.02. The zero-order valence-corrected chi connectivity index (χ0v) is 21.7. The van der Waals surface area contributed by atoms with E-state index in [1.807, 2.05) is 40.7 Å². The van der Waals surface area contributed by atoms with Gasteiger partial charge in [0.2, 0.25) is 0 Å². The van der Waals surface area contributed by atoms with Gasteiger partial charge in [-0.1, -0.05) is 38.4 Å². The minimum atomic E-state index is -1.13. The summed E-state index contributed by atoms with van der Waals surface area (Å²) >= 11 is 1.52. The van der Waals surface area contributed by atoms with Crippen LogP contribution in [-0.4, -0.2) is 43.8 Å². The van der Waals surface area contributed by atoms with Gasteiger partial charge in [-0.25, -0.2) is 14.3 Å². The summed E-state index contributed by atoms with van der Waals surface area (Å²) in [7, 11) is 0.742. The van der Waals surface area contributed by atoms with E-state index in [1.54, 1.807) is 12.3 Å². The lowest BCUT2D eigenvalue weighted by atomic mass is 10.1. The number of thiazole rings is 1. The van der Waals surface area contributed by atoms with Gasteiger partial charge in [0.25, 0.3) is 5.56 Å². The van der Waals surface area contributed by atoms with Crippen LogP contribution in [-0.2, 0) is 25.1 Å². The smallest absolute Gasteiger partial charge is 0.291 e. The molecular formula is C24H28N6O2SSi. The highest BCUT2D eigenvalue weighted by Gasteiger charge is 2.18. The van der Waals surface area contributed by atoms with E-state index >= 15 is 0 Å². The highest BCUT2D eigenvalue weighted by atomic mass is 32.1. The highest BCUT2D eigenvalue weighted by Crippen LogP contribution is 2.31. The van der Waals surface area contributed by atoms with E-state index in [0.29, 0.717) is 18.8 Å². The van der Waals surface area contributed by atoms with Crippen LogP contribution in [0.5, 0.6) is 0 Å². The van der Waals surface area contributed by atoms with Gasteiger partial charge in [0.1, 0.15) is 17.3 Å². The maximum Gasteiger partial charge on any atom is 0.291 e. The lowest BCUT2D eigenvalue weighted by Crippen LogP contribution is -2.24. The Kier molecular flexibility index (Phi) is 5.74. The predicted molar refractivity (Wildman–Crippen MR) is 141 cm³/mol. The Balaban J connectivity index is 1.45. The van der Waals surface area contributed by atoms with E-state index in [9.17, 15) is 4.79 Å². The van der Waals surface area contributed by atoms with Gasteiger partial charge in [0, 0.05) is 32.5 Å². The SMILES string of the molecule is C=Cc1nc2c(s1)c1cnn(Cc3cccc4c3cnn4COCC[Si](C)(C)C)c(=O)c1n2C. The number of aromatic nitrogens is 6. The largest absolute Gasteiger partial charge is 0.360 e. The Bertz CT molecular complexity index is 1590. The van der Waals surface area contributed by atoms with Gasteiger partial charge in [-0.15, -0.1) is 11.3 Å². The molecule has 0 bridgehead atoms. The quantitative estimate of drug-likeness (QED) is 0.232. The van der Waals surface area contributed by atoms with Crippen molar-refractivity contribution in [2.45, 2.75) is 39.0 Å². The van der Waals surface area contributed by atoms with Gasteiger partial charge in [-0.2, -0.15) is 10.2 Å². The van der Waals surface area contributed by atoms with Gasteiger partial charge in [0.15, 0.2) is 5.65 Å². The Morgan fingerprint density at radius 1 is 1.15 bits per heavy atom. The second-order valence-electron chi connectivity index (χ2n) is 9.68. The van der Waals surface area contributed by atoms with Gasteiger partial charge in [0.05, 0.1) is 29.2 Å². The number of hydrogen-bond donors (Lipinski definition) is 0. The number of benzene rings is 1. The average molecular weight is 493 g/mol. The van der Waals surface area contributed by atoms with Crippen LogP contribution in [0.3, 0.4) is 0 Å². The molecule has 0 spiro atoms. The molecule has 0 saturated carbocycles. The molecular weight excluding hydrogens is 464 g/mol. The van der Waals surface area contributed by atoms with Crippen LogP contribution in [0, 0.1) is 0 Å². The lowest BCUT2D eigenvalue weighted by molar-refractivity contribution is 0.0817. The summed E-state index contributed by atoms with van der Waals surface area (Å²) in [6.45, 7) is 12.3. The van der Waals surface area contributed by atoms with Crippen LogP contribution in [0.1, 0.15) is 10.6 Å². The lowest BCUT2D eigenvalue weighted by Gasteiger charge is -2.15. The predicted octanol–water partition coefficient (Wildman–Crippen LogP) is 4.70. The second kappa shape index (κ2) is 8.61. The zero-order valence-electron chi connectivity index (χ0n) is 19.9. The average Bonchev–Trinajstić information content (AvgIpc) is 3.47. The summed E-state index contributed by atoms with van der Waals surface area (Å²) in [5.41, 5.74) is 3.23. The minimum Gasteiger partial charge on any atom is -0.360 e. The molecule has 5 rings (SSSR count). The highest BCUT2D eigenvalue weighted by molar-refractivity contribution is 7.20. The fourth-order valence-electron chi connectivity index (χ4n) is 4.10. The van der Waals surface area contributed by atoms with E-state index in [-0.39, 0.29) is 5.56 Å². The third-order valence-electron chi connectivity index (χ3n) is 6.02. The van der Waals surface area contributed by atoms with Crippen LogP contribution in [0.25, 0.3) is 38.2 Å². The standard InChI is InChI=1S/C24H28N6O2SSi/c1-6-20-27-23-22(33-20)18-13-25-29(24(31)21(18)28(23)2)14-16-8-7-9-19-17(16)12-26-30(19)15-32-10-11-34(3,4)5/h6-9,12-13H,1,10-11,14-15H2,2-5H3. The van der Waals surface area contributed by atoms with Crippen molar-refractivity contribution >= 4 is 57.6 Å². The number of fused-ring (bicyclic) bond motifs is 4. The number of aryl methyl sites for hydroxylation is 1. The molecule has 5 aromatic rings. The molecule has 10 heteroatoms. The second-order valence-corrected chi connectivity index (χ2v) is 16.3. The summed E-state index contributed by atoms with van der Waals surface area (Å²) < 4.78 is 12.1. The van der Waals surface area contributed by atoms with E-state index in [0.717, 1.165) is 49.9 Å². The first-order chi connectivity index (χ1) is 16.3. The van der Waals surface area contributed by atoms with Crippen molar-refractivity contribution in [3.63, 3.8) is 0 Å². The van der Waals surface area contributed by atoms with Crippen molar-refractivity contribution in [3.05, 3.63) is 58.1 Å². The number of rotatable bonds is 8. The molecule has 0 amide bonds. The summed E-state index contributed by atoms with van der Waals surface area (Å²) in [5.74, 6) is 0. The fourth-order valence-corrected chi connectivity index (χ4v) is 5.81. The monoisotopic (exact) mass is 492 g/mol. The number of hydrogen-bond acceptors (Lipinski definition) is 6. The van der Waals surface area contributed by atoms with Crippen molar-refractivity contribution in [3.8, 4) is 0 Å². The minimum absolute atomic E-state index is 0.135. The van der Waals surface area contributed by atoms with Gasteiger partial charge >= 0.3 is 0 Å². The maximum absolute atomic E-state index is 13.4. The van der Waals surface area contributed by atoms with Crippen LogP contribution in [0.4, 0.5) is 0 Å². The molecule has 0 unspecified atom stereocenters. The third-order valence-corrected chi connectivity index (χ3v) is 8.80. The molecule has 0 saturated heterocycles. The molecule has 0 radical (unpaired) electrons. The molecule has 8 nitrogen and oxygen atoms in total. The van der Waals surface area contributed by atoms with Crippen LogP contribution >= 0.6 is 11.3 Å². The molecule has 1 aromatic carbocycles. The van der Waals surface area contributed by atoms with Gasteiger partial charge in [-0.05, 0) is 23.7 Å². The molecule has 176 valence electrons. The first-order valence-electron chi connectivity index (χ1n) is 11.3. The molecule has 0 fully saturated rings. The van der Waals surface area contributed by atoms with Crippen LogP contribution in [0.15, 0.2) is 42.0 Å². The van der Waals surface area contributed by atoms with E-state index in [1.165, 1.54) is 16.0 Å². The first-order valence-corrected chi connectivity index (χ1v) is 15.8. The normalized spacial score (nSPS) is 12.4. The maximum atomic E-state index is 13.4. The van der Waals surface area contributed by atoms with E-state index in [4.69, 9.17) is 4.74 Å². The molecule has 4 heterocycles. The van der Waals surface area contributed by atoms with Gasteiger partial charge < -0.3 is 9.30 Å². The molecule has 0 aliphatic carbocycles. The Hall–Kier alpha value is -3.08.